The molecule has 26 heavy (non-hydrogen) atoms. The number of piperazine rings is 1. The Kier molecular flexibility index (Phi) is 5.62. The van der Waals surface area contributed by atoms with E-state index in [1.807, 2.05) is 0 Å². The Morgan fingerprint density at radius 2 is 1.73 bits per heavy atom. The van der Waals surface area contributed by atoms with Crippen molar-refractivity contribution in [1.82, 2.24) is 9.21 Å². The molecular weight excluding hydrogens is 374 g/mol. The van der Waals surface area contributed by atoms with E-state index < -0.39 is 20.0 Å². The molecule has 2 aliphatic rings. The molecule has 2 saturated heterocycles. The van der Waals surface area contributed by atoms with Crippen LogP contribution in [0.25, 0.3) is 0 Å². The zero-order valence-electron chi connectivity index (χ0n) is 15.4. The van der Waals surface area contributed by atoms with Gasteiger partial charge >= 0.3 is 0 Å². The Labute approximate surface area is 156 Å². The van der Waals surface area contributed by atoms with E-state index in [9.17, 15) is 16.8 Å². The summed E-state index contributed by atoms with van der Waals surface area (Å²) in [5, 5.41) is 0. The smallest absolute Gasteiger partial charge is 0.243 e. The number of likely N-dealkylation sites (N-methyl/N-ethyl adjacent to an activating group) is 1. The SMILES string of the molecule is CCN1CCN(S(=O)(=O)c2cc(N3CCCCS3(=O)=O)ccc2C)CC1. The Hall–Kier alpha value is -1.16. The first-order chi connectivity index (χ1) is 12.3. The van der Waals surface area contributed by atoms with Crippen LogP contribution >= 0.6 is 0 Å². The quantitative estimate of drug-likeness (QED) is 0.759. The number of hydrogen-bond acceptors (Lipinski definition) is 5. The molecule has 0 N–H and O–H groups in total. The van der Waals surface area contributed by atoms with E-state index >= 15 is 0 Å². The third-order valence-corrected chi connectivity index (χ3v) is 9.12. The van der Waals surface area contributed by atoms with Gasteiger partial charge in [-0.2, -0.15) is 4.31 Å². The lowest BCUT2D eigenvalue weighted by Crippen LogP contribution is -2.48. The fourth-order valence-corrected chi connectivity index (χ4v) is 6.82. The van der Waals surface area contributed by atoms with Crippen LogP contribution in [0.1, 0.15) is 25.3 Å². The monoisotopic (exact) mass is 401 g/mol. The Morgan fingerprint density at radius 1 is 1.04 bits per heavy atom. The molecule has 0 bridgehead atoms. The van der Waals surface area contributed by atoms with Gasteiger partial charge < -0.3 is 4.90 Å². The minimum atomic E-state index is -3.64. The summed E-state index contributed by atoms with van der Waals surface area (Å²) in [6.45, 7) is 7.49. The second kappa shape index (κ2) is 7.46. The van der Waals surface area contributed by atoms with Crippen LogP contribution in [0.15, 0.2) is 23.1 Å². The maximum atomic E-state index is 13.1. The summed E-state index contributed by atoms with van der Waals surface area (Å²) in [5.74, 6) is 0.113. The van der Waals surface area contributed by atoms with Crippen molar-refractivity contribution in [3.05, 3.63) is 23.8 Å². The lowest BCUT2D eigenvalue weighted by Gasteiger charge is -2.34. The normalized spacial score (nSPS) is 22.5. The summed E-state index contributed by atoms with van der Waals surface area (Å²) in [6, 6.07) is 4.93. The summed E-state index contributed by atoms with van der Waals surface area (Å²) in [5.41, 5.74) is 1.09. The van der Waals surface area contributed by atoms with E-state index in [0.29, 0.717) is 37.3 Å². The van der Waals surface area contributed by atoms with Crippen LogP contribution in [0.4, 0.5) is 5.69 Å². The number of benzene rings is 1. The van der Waals surface area contributed by atoms with Gasteiger partial charge in [0, 0.05) is 32.7 Å². The third kappa shape index (κ3) is 3.76. The maximum absolute atomic E-state index is 13.1. The van der Waals surface area contributed by atoms with E-state index in [0.717, 1.165) is 26.1 Å². The van der Waals surface area contributed by atoms with E-state index in [1.165, 1.54) is 14.7 Å². The van der Waals surface area contributed by atoms with E-state index in [-0.39, 0.29) is 10.6 Å². The number of sulfonamides is 2. The molecule has 9 heteroatoms. The molecule has 0 unspecified atom stereocenters. The molecule has 0 radical (unpaired) electrons. The van der Waals surface area contributed by atoms with Crippen molar-refractivity contribution in [1.29, 1.82) is 0 Å². The molecule has 146 valence electrons. The van der Waals surface area contributed by atoms with Gasteiger partial charge in [-0.3, -0.25) is 4.31 Å². The molecule has 0 amide bonds. The van der Waals surface area contributed by atoms with Gasteiger partial charge in [0.15, 0.2) is 0 Å². The number of anilines is 1. The molecule has 1 aromatic rings. The van der Waals surface area contributed by atoms with E-state index in [4.69, 9.17) is 0 Å². The molecule has 2 heterocycles. The van der Waals surface area contributed by atoms with Crippen LogP contribution in [0.3, 0.4) is 0 Å². The maximum Gasteiger partial charge on any atom is 0.243 e. The zero-order chi connectivity index (χ0) is 18.9. The van der Waals surface area contributed by atoms with Crippen LogP contribution in [0, 0.1) is 6.92 Å². The van der Waals surface area contributed by atoms with Crippen molar-refractivity contribution < 1.29 is 16.8 Å². The van der Waals surface area contributed by atoms with Crippen LogP contribution in [0.5, 0.6) is 0 Å². The van der Waals surface area contributed by atoms with Gasteiger partial charge in [0.1, 0.15) is 0 Å². The topological polar surface area (TPSA) is 78.0 Å². The van der Waals surface area contributed by atoms with Gasteiger partial charge in [0.2, 0.25) is 20.0 Å². The molecule has 3 rings (SSSR count). The summed E-state index contributed by atoms with van der Waals surface area (Å²) in [6.07, 6.45) is 1.44. The largest absolute Gasteiger partial charge is 0.301 e. The lowest BCUT2D eigenvalue weighted by atomic mass is 10.2. The molecule has 0 spiro atoms. The number of nitrogens with zero attached hydrogens (tertiary/aromatic N) is 3. The minimum Gasteiger partial charge on any atom is -0.301 e. The number of aryl methyl sites for hydroxylation is 1. The van der Waals surface area contributed by atoms with E-state index in [2.05, 4.69) is 11.8 Å². The van der Waals surface area contributed by atoms with Gasteiger partial charge in [-0.25, -0.2) is 16.8 Å². The predicted octanol–water partition coefficient (Wildman–Crippen LogP) is 1.25. The predicted molar refractivity (Wildman–Crippen MR) is 102 cm³/mol. The second-order valence-electron chi connectivity index (χ2n) is 6.88. The number of hydrogen-bond donors (Lipinski definition) is 0. The van der Waals surface area contributed by atoms with Crippen LogP contribution in [-0.4, -0.2) is 71.1 Å². The fraction of sp³-hybridized carbons (Fsp3) is 0.647. The Morgan fingerprint density at radius 3 is 2.35 bits per heavy atom. The fourth-order valence-electron chi connectivity index (χ4n) is 3.53. The molecule has 0 saturated carbocycles. The van der Waals surface area contributed by atoms with Crippen molar-refractivity contribution in [3.63, 3.8) is 0 Å². The second-order valence-corrected chi connectivity index (χ2v) is 10.8. The highest BCUT2D eigenvalue weighted by atomic mass is 32.2. The van der Waals surface area contributed by atoms with Gasteiger partial charge in [0.25, 0.3) is 0 Å². The van der Waals surface area contributed by atoms with Crippen molar-refractivity contribution in [2.45, 2.75) is 31.6 Å². The first-order valence-corrected chi connectivity index (χ1v) is 12.1. The molecule has 0 aromatic heterocycles. The van der Waals surface area contributed by atoms with Crippen molar-refractivity contribution >= 4 is 25.7 Å². The summed E-state index contributed by atoms with van der Waals surface area (Å²) < 4.78 is 53.9. The van der Waals surface area contributed by atoms with Crippen molar-refractivity contribution in [2.24, 2.45) is 0 Å². The van der Waals surface area contributed by atoms with Crippen molar-refractivity contribution in [2.75, 3.05) is 49.3 Å². The van der Waals surface area contributed by atoms with Gasteiger partial charge in [0.05, 0.1) is 16.3 Å². The highest BCUT2D eigenvalue weighted by Gasteiger charge is 2.31. The van der Waals surface area contributed by atoms with Crippen LogP contribution in [0.2, 0.25) is 0 Å². The molecule has 2 aliphatic heterocycles. The van der Waals surface area contributed by atoms with Crippen LogP contribution in [-0.2, 0) is 20.0 Å². The molecule has 7 nitrogen and oxygen atoms in total. The third-order valence-electron chi connectivity index (χ3n) is 5.21. The van der Waals surface area contributed by atoms with Gasteiger partial charge in [-0.15, -0.1) is 0 Å². The van der Waals surface area contributed by atoms with Gasteiger partial charge in [-0.05, 0) is 44.0 Å². The zero-order valence-corrected chi connectivity index (χ0v) is 17.0. The molecule has 0 aliphatic carbocycles. The molecule has 2 fully saturated rings. The Bertz CT molecular complexity index is 860. The average Bonchev–Trinajstić information content (AvgIpc) is 2.62. The highest BCUT2D eigenvalue weighted by Crippen LogP contribution is 2.29. The lowest BCUT2D eigenvalue weighted by molar-refractivity contribution is 0.196. The summed E-state index contributed by atoms with van der Waals surface area (Å²) in [4.78, 5) is 2.43. The minimum absolute atomic E-state index is 0.113. The van der Waals surface area contributed by atoms with Crippen molar-refractivity contribution in [3.8, 4) is 0 Å². The highest BCUT2D eigenvalue weighted by molar-refractivity contribution is 7.92. The van der Waals surface area contributed by atoms with Gasteiger partial charge in [-0.1, -0.05) is 13.0 Å². The molecular formula is C17H27N3O4S2. The molecule has 1 aromatic carbocycles. The standard InChI is InChI=1S/C17H27N3O4S2/c1-3-18-9-11-19(12-10-18)26(23,24)17-14-16(7-6-15(17)2)20-8-4-5-13-25(20,21)22/h6-7,14H,3-5,8-13H2,1-2H3. The number of rotatable bonds is 4. The summed E-state index contributed by atoms with van der Waals surface area (Å²) in [7, 11) is -7.01. The van der Waals surface area contributed by atoms with E-state index in [1.54, 1.807) is 19.1 Å². The first-order valence-electron chi connectivity index (χ1n) is 9.09. The average molecular weight is 402 g/mol. The summed E-state index contributed by atoms with van der Waals surface area (Å²) >= 11 is 0. The molecule has 0 atom stereocenters. The first kappa shape index (κ1) is 19.6. The Balaban J connectivity index is 1.92. The van der Waals surface area contributed by atoms with Crippen LogP contribution < -0.4 is 4.31 Å².